The van der Waals surface area contributed by atoms with Crippen LogP contribution in [0.1, 0.15) is 78.6 Å². The molecule has 0 aromatic carbocycles. The summed E-state index contributed by atoms with van der Waals surface area (Å²) in [6, 6.07) is 0. The molecule has 0 aromatic rings. The molecular formula is C14H29. The maximum atomic E-state index is 3.95. The molecule has 0 heteroatoms. The van der Waals surface area contributed by atoms with Crippen LogP contribution in [0.3, 0.4) is 0 Å². The Balaban J connectivity index is 3.94. The molecule has 0 spiro atoms. The second-order valence-electron chi connectivity index (χ2n) is 4.62. The molecule has 0 unspecified atom stereocenters. The molecule has 0 aliphatic rings. The van der Waals surface area contributed by atoms with Gasteiger partial charge in [0.25, 0.3) is 0 Å². The molecule has 85 valence electrons. The van der Waals surface area contributed by atoms with Crippen LogP contribution < -0.4 is 0 Å². The highest BCUT2D eigenvalue weighted by atomic mass is 14.3. The van der Waals surface area contributed by atoms with E-state index in [-0.39, 0.29) is 0 Å². The first kappa shape index (κ1) is 14.0. The van der Waals surface area contributed by atoms with Crippen LogP contribution >= 0.6 is 0 Å². The standard InChI is InChI=1S/C14H29/c1-5-9-11-13-14(7-3,8-4)12-10-6-2/h2,5-13H2,1,3-4H3. The Morgan fingerprint density at radius 1 is 0.857 bits per heavy atom. The highest BCUT2D eigenvalue weighted by Crippen LogP contribution is 2.37. The zero-order valence-corrected chi connectivity index (χ0v) is 10.6. The van der Waals surface area contributed by atoms with E-state index in [1.165, 1.54) is 51.4 Å². The summed E-state index contributed by atoms with van der Waals surface area (Å²) in [5.74, 6) is 0. The van der Waals surface area contributed by atoms with Gasteiger partial charge in [-0.25, -0.2) is 0 Å². The summed E-state index contributed by atoms with van der Waals surface area (Å²) < 4.78 is 0. The molecule has 1 radical (unpaired) electrons. The first-order valence-electron chi connectivity index (χ1n) is 6.54. The Labute approximate surface area is 91.5 Å². The minimum absolute atomic E-state index is 0.646. The number of hydrogen-bond donors (Lipinski definition) is 0. The Morgan fingerprint density at radius 2 is 1.43 bits per heavy atom. The van der Waals surface area contributed by atoms with E-state index in [2.05, 4.69) is 27.7 Å². The molecule has 0 rings (SSSR count). The van der Waals surface area contributed by atoms with Crippen molar-refractivity contribution in [3.63, 3.8) is 0 Å². The lowest BCUT2D eigenvalue weighted by molar-refractivity contribution is 0.206. The van der Waals surface area contributed by atoms with Gasteiger partial charge in [0.05, 0.1) is 0 Å². The molecule has 0 N–H and O–H groups in total. The topological polar surface area (TPSA) is 0 Å². The van der Waals surface area contributed by atoms with Gasteiger partial charge in [0.15, 0.2) is 0 Å². The fourth-order valence-electron chi connectivity index (χ4n) is 2.33. The van der Waals surface area contributed by atoms with Crippen molar-refractivity contribution in [1.82, 2.24) is 0 Å². The molecule has 14 heavy (non-hydrogen) atoms. The van der Waals surface area contributed by atoms with Crippen LogP contribution in [-0.4, -0.2) is 0 Å². The third kappa shape index (κ3) is 5.02. The summed E-state index contributed by atoms with van der Waals surface area (Å²) in [4.78, 5) is 0. The first-order chi connectivity index (χ1) is 6.74. The quantitative estimate of drug-likeness (QED) is 0.435. The Hall–Kier alpha value is 0. The minimum Gasteiger partial charge on any atom is -0.0654 e. The van der Waals surface area contributed by atoms with Crippen molar-refractivity contribution in [2.75, 3.05) is 0 Å². The maximum absolute atomic E-state index is 3.95. The Morgan fingerprint density at radius 3 is 1.86 bits per heavy atom. The monoisotopic (exact) mass is 197 g/mol. The van der Waals surface area contributed by atoms with Crippen molar-refractivity contribution in [2.45, 2.75) is 78.6 Å². The van der Waals surface area contributed by atoms with Crippen molar-refractivity contribution in [3.05, 3.63) is 6.92 Å². The number of unbranched alkanes of at least 4 members (excludes halogenated alkanes) is 3. The van der Waals surface area contributed by atoms with Crippen LogP contribution in [0.5, 0.6) is 0 Å². The third-order valence-corrected chi connectivity index (χ3v) is 3.77. The van der Waals surface area contributed by atoms with E-state index in [9.17, 15) is 0 Å². The number of hydrogen-bond acceptors (Lipinski definition) is 0. The van der Waals surface area contributed by atoms with Gasteiger partial charge in [0.2, 0.25) is 0 Å². The fourth-order valence-corrected chi connectivity index (χ4v) is 2.33. The SMILES string of the molecule is [CH2]CCCC(CC)(CC)CCCCC. The van der Waals surface area contributed by atoms with Crippen LogP contribution in [0, 0.1) is 12.3 Å². The highest BCUT2D eigenvalue weighted by Gasteiger charge is 2.24. The predicted octanol–water partition coefficient (Wildman–Crippen LogP) is 5.38. The van der Waals surface area contributed by atoms with Gasteiger partial charge in [-0.05, 0) is 18.3 Å². The molecule has 0 bridgehead atoms. The van der Waals surface area contributed by atoms with Gasteiger partial charge in [-0.1, -0.05) is 72.6 Å². The molecule has 0 atom stereocenters. The van der Waals surface area contributed by atoms with Gasteiger partial charge in [0.1, 0.15) is 0 Å². The maximum Gasteiger partial charge on any atom is -0.0303 e. The van der Waals surface area contributed by atoms with Gasteiger partial charge in [-0.15, -0.1) is 0 Å². The molecule has 0 aromatic heterocycles. The van der Waals surface area contributed by atoms with E-state index >= 15 is 0 Å². The summed E-state index contributed by atoms with van der Waals surface area (Å²) >= 11 is 0. The van der Waals surface area contributed by atoms with Crippen molar-refractivity contribution in [3.8, 4) is 0 Å². The Kier molecular flexibility index (Phi) is 8.32. The van der Waals surface area contributed by atoms with Crippen LogP contribution in [-0.2, 0) is 0 Å². The summed E-state index contributed by atoms with van der Waals surface area (Å²) in [5.41, 5.74) is 0.646. The van der Waals surface area contributed by atoms with Crippen molar-refractivity contribution in [2.24, 2.45) is 5.41 Å². The molecule has 0 aliphatic carbocycles. The second-order valence-corrected chi connectivity index (χ2v) is 4.62. The fraction of sp³-hybridized carbons (Fsp3) is 0.929. The van der Waals surface area contributed by atoms with Crippen molar-refractivity contribution >= 4 is 0 Å². The predicted molar refractivity (Wildman–Crippen MR) is 66.4 cm³/mol. The molecule has 0 fully saturated rings. The van der Waals surface area contributed by atoms with E-state index in [0.29, 0.717) is 5.41 Å². The van der Waals surface area contributed by atoms with E-state index in [1.807, 2.05) is 0 Å². The van der Waals surface area contributed by atoms with Gasteiger partial charge in [-0.3, -0.25) is 0 Å². The van der Waals surface area contributed by atoms with Crippen molar-refractivity contribution < 1.29 is 0 Å². The van der Waals surface area contributed by atoms with Crippen LogP contribution in [0.2, 0.25) is 0 Å². The third-order valence-electron chi connectivity index (χ3n) is 3.77. The number of rotatable bonds is 9. The minimum atomic E-state index is 0.646. The van der Waals surface area contributed by atoms with Gasteiger partial charge in [0, 0.05) is 0 Å². The van der Waals surface area contributed by atoms with E-state index in [4.69, 9.17) is 0 Å². The lowest BCUT2D eigenvalue weighted by Gasteiger charge is -2.32. The van der Waals surface area contributed by atoms with E-state index < -0.39 is 0 Å². The van der Waals surface area contributed by atoms with E-state index in [0.717, 1.165) is 6.42 Å². The second kappa shape index (κ2) is 8.32. The molecule has 0 amide bonds. The molecular weight excluding hydrogens is 168 g/mol. The lowest BCUT2D eigenvalue weighted by Crippen LogP contribution is -2.18. The zero-order valence-electron chi connectivity index (χ0n) is 10.6. The average Bonchev–Trinajstić information content (AvgIpc) is 2.24. The summed E-state index contributed by atoms with van der Waals surface area (Å²) in [6.07, 6.45) is 12.1. The molecule has 0 saturated heterocycles. The average molecular weight is 197 g/mol. The first-order valence-corrected chi connectivity index (χ1v) is 6.54. The summed E-state index contributed by atoms with van der Waals surface area (Å²) in [6.45, 7) is 11.0. The van der Waals surface area contributed by atoms with Gasteiger partial charge in [-0.2, -0.15) is 0 Å². The van der Waals surface area contributed by atoms with Crippen LogP contribution in [0.25, 0.3) is 0 Å². The van der Waals surface area contributed by atoms with Crippen molar-refractivity contribution in [1.29, 1.82) is 0 Å². The van der Waals surface area contributed by atoms with Crippen LogP contribution in [0.15, 0.2) is 0 Å². The normalized spacial score (nSPS) is 12.0. The summed E-state index contributed by atoms with van der Waals surface area (Å²) in [7, 11) is 0. The van der Waals surface area contributed by atoms with Gasteiger partial charge < -0.3 is 0 Å². The molecule has 0 heterocycles. The van der Waals surface area contributed by atoms with Crippen LogP contribution in [0.4, 0.5) is 0 Å². The lowest BCUT2D eigenvalue weighted by atomic mass is 9.74. The Bertz CT molecular complexity index is 111. The van der Waals surface area contributed by atoms with E-state index in [1.54, 1.807) is 0 Å². The zero-order chi connectivity index (χ0) is 10.9. The summed E-state index contributed by atoms with van der Waals surface area (Å²) in [5, 5.41) is 0. The van der Waals surface area contributed by atoms with Gasteiger partial charge >= 0.3 is 0 Å². The largest absolute Gasteiger partial charge is 0.0654 e. The molecule has 0 aliphatic heterocycles. The molecule has 0 saturated carbocycles. The smallest absolute Gasteiger partial charge is 0.0303 e. The molecule has 0 nitrogen and oxygen atoms in total. The highest BCUT2D eigenvalue weighted by molar-refractivity contribution is 4.76.